The molecular weight excluding hydrogens is 270 g/mol. The van der Waals surface area contributed by atoms with Crippen molar-refractivity contribution in [2.75, 3.05) is 12.3 Å². The quantitative estimate of drug-likeness (QED) is 0.827. The number of imidazole rings is 1. The number of ether oxygens (including phenoxy) is 1. The van der Waals surface area contributed by atoms with Crippen LogP contribution in [0.5, 0.6) is 0 Å². The molecule has 0 amide bonds. The fourth-order valence-electron chi connectivity index (χ4n) is 2.40. The number of anilines is 1. The number of aryl methyl sites for hydroxylation is 1. The molecule has 2 aromatic heterocycles. The highest BCUT2D eigenvalue weighted by Gasteiger charge is 2.23. The van der Waals surface area contributed by atoms with Crippen LogP contribution in [0, 0.1) is 0 Å². The van der Waals surface area contributed by atoms with E-state index in [0.29, 0.717) is 25.3 Å². The molecule has 0 spiro atoms. The molecule has 2 N–H and O–H groups in total. The minimum absolute atomic E-state index is 0.0433. The molecule has 0 saturated carbocycles. The molecule has 2 aromatic rings. The van der Waals surface area contributed by atoms with Gasteiger partial charge in [-0.1, -0.05) is 6.92 Å². The molecule has 6 heteroatoms. The lowest BCUT2D eigenvalue weighted by molar-refractivity contribution is 0.0521. The van der Waals surface area contributed by atoms with E-state index in [1.807, 2.05) is 30.5 Å². The maximum atomic E-state index is 11.9. The van der Waals surface area contributed by atoms with Crippen molar-refractivity contribution in [1.29, 1.82) is 0 Å². The normalized spacial score (nSPS) is 12.3. The second-order valence-electron chi connectivity index (χ2n) is 4.84. The van der Waals surface area contributed by atoms with Gasteiger partial charge in [0.05, 0.1) is 12.9 Å². The average Bonchev–Trinajstić information content (AvgIpc) is 3.06. The van der Waals surface area contributed by atoms with Crippen LogP contribution in [0.2, 0.25) is 0 Å². The van der Waals surface area contributed by atoms with E-state index in [1.165, 1.54) is 0 Å². The first-order chi connectivity index (χ1) is 10.1. The van der Waals surface area contributed by atoms with Crippen LogP contribution in [-0.2, 0) is 17.6 Å². The molecule has 0 aromatic carbocycles. The number of carbonyl (C=O) groups is 1. The van der Waals surface area contributed by atoms with Crippen LogP contribution in [-0.4, -0.2) is 22.1 Å². The third-order valence-corrected chi connectivity index (χ3v) is 3.32. The predicted molar refractivity (Wildman–Crippen MR) is 79.1 cm³/mol. The van der Waals surface area contributed by atoms with Gasteiger partial charge >= 0.3 is 5.97 Å². The smallest absolute Gasteiger partial charge is 0.360 e. The van der Waals surface area contributed by atoms with Gasteiger partial charge in [-0.2, -0.15) is 0 Å². The number of hydrogen-bond donors (Lipinski definition) is 1. The van der Waals surface area contributed by atoms with Gasteiger partial charge in [-0.05, 0) is 26.0 Å². The van der Waals surface area contributed by atoms with Crippen LogP contribution in [0.4, 0.5) is 5.82 Å². The number of nitrogens with zero attached hydrogens (tertiary/aromatic N) is 2. The summed E-state index contributed by atoms with van der Waals surface area (Å²) in [6, 6.07) is 3.81. The molecular formula is C15H21N3O3. The van der Waals surface area contributed by atoms with E-state index in [-0.39, 0.29) is 11.7 Å². The summed E-state index contributed by atoms with van der Waals surface area (Å²) in [5.74, 6) is 1.52. The number of nitrogen functional groups attached to an aromatic ring is 1. The molecule has 114 valence electrons. The summed E-state index contributed by atoms with van der Waals surface area (Å²) < 4.78 is 12.2. The zero-order valence-corrected chi connectivity index (χ0v) is 12.6. The summed E-state index contributed by atoms with van der Waals surface area (Å²) in [5, 5.41) is 0. The number of nitrogens with two attached hydrogens (primary N) is 1. The Hall–Kier alpha value is -2.24. The lowest BCUT2D eigenvalue weighted by Crippen LogP contribution is -2.15. The topological polar surface area (TPSA) is 83.3 Å². The zero-order valence-electron chi connectivity index (χ0n) is 12.6. The Kier molecular flexibility index (Phi) is 4.67. The van der Waals surface area contributed by atoms with Crippen molar-refractivity contribution in [3.63, 3.8) is 0 Å². The molecule has 0 bridgehead atoms. The average molecular weight is 291 g/mol. The molecule has 2 rings (SSSR count). The SMILES string of the molecule is CCOC(=O)c1nc(CC)n(C(C)Cc2ccco2)c1N. The zero-order chi connectivity index (χ0) is 15.4. The van der Waals surface area contributed by atoms with Gasteiger partial charge in [0.1, 0.15) is 17.4 Å². The summed E-state index contributed by atoms with van der Waals surface area (Å²) in [5.41, 5.74) is 6.30. The Morgan fingerprint density at radius 1 is 1.52 bits per heavy atom. The van der Waals surface area contributed by atoms with Crippen molar-refractivity contribution in [3.05, 3.63) is 35.7 Å². The molecule has 1 atom stereocenters. The van der Waals surface area contributed by atoms with Gasteiger partial charge in [0, 0.05) is 18.9 Å². The second-order valence-corrected chi connectivity index (χ2v) is 4.84. The summed E-state index contributed by atoms with van der Waals surface area (Å²) in [4.78, 5) is 16.2. The Morgan fingerprint density at radius 2 is 2.29 bits per heavy atom. The molecule has 21 heavy (non-hydrogen) atoms. The lowest BCUT2D eigenvalue weighted by atomic mass is 10.2. The highest BCUT2D eigenvalue weighted by atomic mass is 16.5. The molecule has 0 fully saturated rings. The number of furan rings is 1. The van der Waals surface area contributed by atoms with Gasteiger partial charge in [0.2, 0.25) is 0 Å². The highest BCUT2D eigenvalue weighted by Crippen LogP contribution is 2.24. The maximum absolute atomic E-state index is 11.9. The van der Waals surface area contributed by atoms with Gasteiger partial charge in [-0.15, -0.1) is 0 Å². The summed E-state index contributed by atoms with van der Waals surface area (Å²) >= 11 is 0. The molecule has 1 unspecified atom stereocenters. The number of aromatic nitrogens is 2. The summed E-state index contributed by atoms with van der Waals surface area (Å²) in [6.07, 6.45) is 3.01. The maximum Gasteiger partial charge on any atom is 0.360 e. The van der Waals surface area contributed by atoms with Crippen LogP contribution in [0.3, 0.4) is 0 Å². The van der Waals surface area contributed by atoms with E-state index >= 15 is 0 Å². The Bertz CT molecular complexity index is 602. The van der Waals surface area contributed by atoms with Crippen molar-refractivity contribution in [2.45, 2.75) is 39.7 Å². The van der Waals surface area contributed by atoms with Gasteiger partial charge in [-0.3, -0.25) is 0 Å². The molecule has 0 radical (unpaired) electrons. The van der Waals surface area contributed by atoms with E-state index in [0.717, 1.165) is 11.6 Å². The fourth-order valence-corrected chi connectivity index (χ4v) is 2.40. The summed E-state index contributed by atoms with van der Waals surface area (Å²) in [7, 11) is 0. The Labute approximate surface area is 123 Å². The Balaban J connectivity index is 2.31. The fraction of sp³-hybridized carbons (Fsp3) is 0.467. The van der Waals surface area contributed by atoms with Crippen LogP contribution in [0.25, 0.3) is 0 Å². The van der Waals surface area contributed by atoms with Gasteiger partial charge in [-0.25, -0.2) is 9.78 Å². The second kappa shape index (κ2) is 6.47. The van der Waals surface area contributed by atoms with E-state index in [1.54, 1.807) is 13.2 Å². The summed E-state index contributed by atoms with van der Waals surface area (Å²) in [6.45, 7) is 6.06. The highest BCUT2D eigenvalue weighted by molar-refractivity contribution is 5.92. The van der Waals surface area contributed by atoms with Crippen LogP contribution in [0.1, 0.15) is 48.9 Å². The van der Waals surface area contributed by atoms with E-state index in [2.05, 4.69) is 4.98 Å². The molecule has 0 aliphatic carbocycles. The minimum atomic E-state index is -0.478. The third-order valence-electron chi connectivity index (χ3n) is 3.32. The first kappa shape index (κ1) is 15.2. The van der Waals surface area contributed by atoms with Gasteiger partial charge in [0.15, 0.2) is 5.69 Å². The first-order valence-corrected chi connectivity index (χ1v) is 7.14. The van der Waals surface area contributed by atoms with Crippen LogP contribution >= 0.6 is 0 Å². The van der Waals surface area contributed by atoms with Crippen molar-refractivity contribution in [2.24, 2.45) is 0 Å². The van der Waals surface area contributed by atoms with E-state index in [9.17, 15) is 4.79 Å². The molecule has 2 heterocycles. The van der Waals surface area contributed by atoms with E-state index < -0.39 is 5.97 Å². The van der Waals surface area contributed by atoms with E-state index in [4.69, 9.17) is 14.9 Å². The molecule has 0 aliphatic rings. The monoisotopic (exact) mass is 291 g/mol. The lowest BCUT2D eigenvalue weighted by Gasteiger charge is -2.16. The molecule has 6 nitrogen and oxygen atoms in total. The largest absolute Gasteiger partial charge is 0.469 e. The molecule has 0 aliphatic heterocycles. The van der Waals surface area contributed by atoms with Crippen LogP contribution < -0.4 is 5.73 Å². The third kappa shape index (κ3) is 3.09. The van der Waals surface area contributed by atoms with Crippen molar-refractivity contribution >= 4 is 11.8 Å². The Morgan fingerprint density at radius 3 is 2.86 bits per heavy atom. The van der Waals surface area contributed by atoms with Gasteiger partial charge < -0.3 is 19.5 Å². The molecule has 0 saturated heterocycles. The minimum Gasteiger partial charge on any atom is -0.469 e. The standard InChI is InChI=1S/C15H21N3O3/c1-4-12-17-13(15(19)20-5-2)14(16)18(12)10(3)9-11-7-6-8-21-11/h6-8,10H,4-5,9,16H2,1-3H3. The predicted octanol–water partition coefficient (Wildman–Crippen LogP) is 2.60. The van der Waals surface area contributed by atoms with Crippen molar-refractivity contribution in [3.8, 4) is 0 Å². The van der Waals surface area contributed by atoms with Gasteiger partial charge in [0.25, 0.3) is 0 Å². The van der Waals surface area contributed by atoms with Crippen molar-refractivity contribution < 1.29 is 13.9 Å². The number of carbonyl (C=O) groups excluding carboxylic acids is 1. The van der Waals surface area contributed by atoms with Crippen molar-refractivity contribution in [1.82, 2.24) is 9.55 Å². The van der Waals surface area contributed by atoms with Crippen LogP contribution in [0.15, 0.2) is 22.8 Å². The number of esters is 1. The number of hydrogen-bond acceptors (Lipinski definition) is 5. The number of rotatable bonds is 6. The first-order valence-electron chi connectivity index (χ1n) is 7.14.